The van der Waals surface area contributed by atoms with Gasteiger partial charge in [0.05, 0.1) is 0 Å². The van der Waals surface area contributed by atoms with Gasteiger partial charge in [0.15, 0.2) is 0 Å². The highest BCUT2D eigenvalue weighted by Crippen LogP contribution is 2.30. The van der Waals surface area contributed by atoms with E-state index in [9.17, 15) is 9.59 Å². The molecular weight excluding hydrogens is 462 g/mol. The quantitative estimate of drug-likeness (QED) is 0.433. The van der Waals surface area contributed by atoms with Gasteiger partial charge in [-0.15, -0.1) is 0 Å². The zero-order valence-electron chi connectivity index (χ0n) is 21.8. The molecule has 6 nitrogen and oxygen atoms in total. The normalized spacial score (nSPS) is 15.3. The van der Waals surface area contributed by atoms with Crippen LogP contribution in [-0.2, 0) is 28.9 Å². The first-order valence-electron chi connectivity index (χ1n) is 13.1. The molecule has 1 aliphatic rings. The van der Waals surface area contributed by atoms with Gasteiger partial charge in [0, 0.05) is 45.6 Å². The van der Waals surface area contributed by atoms with E-state index in [1.165, 1.54) is 12.5 Å². The molecule has 1 fully saturated rings. The lowest BCUT2D eigenvalue weighted by atomic mass is 10.0. The topological polar surface area (TPSA) is 70.7 Å². The number of amides is 2. The molecule has 1 heterocycles. The third-order valence-corrected chi connectivity index (χ3v) is 6.77. The molecule has 0 aliphatic carbocycles. The molecule has 0 saturated carbocycles. The SMILES string of the molecule is CC(=O)NCCc1cc(C)ccc1Oc1ccccc1CCC(=O)N1CCNCC1Cc1ccccc1. The van der Waals surface area contributed by atoms with Crippen molar-refractivity contribution >= 4 is 11.8 Å². The van der Waals surface area contributed by atoms with Crippen LogP contribution in [0.15, 0.2) is 72.8 Å². The lowest BCUT2D eigenvalue weighted by Crippen LogP contribution is -2.54. The van der Waals surface area contributed by atoms with Gasteiger partial charge in [-0.2, -0.15) is 0 Å². The Morgan fingerprint density at radius 2 is 1.73 bits per heavy atom. The van der Waals surface area contributed by atoms with Gasteiger partial charge < -0.3 is 20.3 Å². The van der Waals surface area contributed by atoms with Crippen molar-refractivity contribution < 1.29 is 14.3 Å². The summed E-state index contributed by atoms with van der Waals surface area (Å²) in [5, 5.41) is 6.30. The first kappa shape index (κ1) is 26.4. The summed E-state index contributed by atoms with van der Waals surface area (Å²) in [7, 11) is 0. The van der Waals surface area contributed by atoms with Gasteiger partial charge in [-0.05, 0) is 55.0 Å². The van der Waals surface area contributed by atoms with Gasteiger partial charge in [-0.3, -0.25) is 9.59 Å². The maximum Gasteiger partial charge on any atom is 0.223 e. The minimum absolute atomic E-state index is 0.0411. The highest BCUT2D eigenvalue weighted by atomic mass is 16.5. The van der Waals surface area contributed by atoms with Crippen molar-refractivity contribution in [3.8, 4) is 11.5 Å². The number of para-hydroxylation sites is 1. The number of hydrogen-bond acceptors (Lipinski definition) is 4. The van der Waals surface area contributed by atoms with E-state index < -0.39 is 0 Å². The molecule has 1 atom stereocenters. The van der Waals surface area contributed by atoms with E-state index in [0.717, 1.165) is 54.2 Å². The zero-order valence-corrected chi connectivity index (χ0v) is 21.8. The molecule has 1 unspecified atom stereocenters. The summed E-state index contributed by atoms with van der Waals surface area (Å²) in [5.41, 5.74) is 4.45. The number of nitrogens with zero attached hydrogens (tertiary/aromatic N) is 1. The van der Waals surface area contributed by atoms with Crippen molar-refractivity contribution in [1.82, 2.24) is 15.5 Å². The van der Waals surface area contributed by atoms with E-state index in [2.05, 4.69) is 28.8 Å². The fraction of sp³-hybridized carbons (Fsp3) is 0.355. The van der Waals surface area contributed by atoms with Crippen LogP contribution in [0.1, 0.15) is 35.6 Å². The van der Waals surface area contributed by atoms with Crippen molar-refractivity contribution in [3.05, 3.63) is 95.1 Å². The van der Waals surface area contributed by atoms with E-state index in [1.807, 2.05) is 66.4 Å². The molecule has 37 heavy (non-hydrogen) atoms. The standard InChI is InChI=1S/C31H37N3O3/c1-23-12-14-30(27(20-23)16-17-33-24(2)35)37-29-11-7-6-10-26(29)13-15-31(36)34-19-18-32-22-28(34)21-25-8-4-3-5-9-25/h3-12,14,20,28,32H,13,15-19,21-22H2,1-2H3,(H,33,35). The molecule has 4 rings (SSSR count). The van der Waals surface area contributed by atoms with Crippen LogP contribution in [-0.4, -0.2) is 48.9 Å². The van der Waals surface area contributed by atoms with Crippen LogP contribution in [0.5, 0.6) is 11.5 Å². The fourth-order valence-electron chi connectivity index (χ4n) is 4.85. The van der Waals surface area contributed by atoms with Crippen molar-refractivity contribution in [2.24, 2.45) is 0 Å². The molecule has 3 aromatic carbocycles. The molecule has 0 aromatic heterocycles. The maximum atomic E-state index is 13.3. The second-order valence-corrected chi connectivity index (χ2v) is 9.69. The predicted octanol–water partition coefficient (Wildman–Crippen LogP) is 4.44. The van der Waals surface area contributed by atoms with Crippen LogP contribution in [0.25, 0.3) is 0 Å². The minimum Gasteiger partial charge on any atom is -0.457 e. The summed E-state index contributed by atoms with van der Waals surface area (Å²) in [6.45, 7) is 6.50. The van der Waals surface area contributed by atoms with Crippen molar-refractivity contribution in [2.75, 3.05) is 26.2 Å². The lowest BCUT2D eigenvalue weighted by molar-refractivity contribution is -0.134. The largest absolute Gasteiger partial charge is 0.457 e. The van der Waals surface area contributed by atoms with E-state index in [-0.39, 0.29) is 17.9 Å². The predicted molar refractivity (Wildman–Crippen MR) is 147 cm³/mol. The Bertz CT molecular complexity index is 1200. The average molecular weight is 500 g/mol. The zero-order chi connectivity index (χ0) is 26.0. The smallest absolute Gasteiger partial charge is 0.223 e. The number of hydrogen-bond donors (Lipinski definition) is 2. The van der Waals surface area contributed by atoms with Gasteiger partial charge in [0.1, 0.15) is 11.5 Å². The first-order chi connectivity index (χ1) is 18.0. The van der Waals surface area contributed by atoms with Gasteiger partial charge in [-0.1, -0.05) is 66.2 Å². The molecule has 0 bridgehead atoms. The van der Waals surface area contributed by atoms with Crippen LogP contribution >= 0.6 is 0 Å². The highest BCUT2D eigenvalue weighted by molar-refractivity contribution is 5.77. The Kier molecular flexibility index (Phi) is 9.33. The van der Waals surface area contributed by atoms with Gasteiger partial charge in [0.25, 0.3) is 0 Å². The van der Waals surface area contributed by atoms with Crippen LogP contribution in [0, 0.1) is 6.92 Å². The third-order valence-electron chi connectivity index (χ3n) is 6.77. The molecule has 2 amide bonds. The summed E-state index contributed by atoms with van der Waals surface area (Å²) in [5.74, 6) is 1.69. The Balaban J connectivity index is 1.42. The number of ether oxygens (including phenoxy) is 1. The number of rotatable bonds is 10. The second kappa shape index (κ2) is 13.1. The monoisotopic (exact) mass is 499 g/mol. The summed E-state index contributed by atoms with van der Waals surface area (Å²) in [6.07, 6.45) is 2.59. The summed E-state index contributed by atoms with van der Waals surface area (Å²) in [4.78, 5) is 26.7. The van der Waals surface area contributed by atoms with E-state index >= 15 is 0 Å². The van der Waals surface area contributed by atoms with Crippen LogP contribution in [0.4, 0.5) is 0 Å². The van der Waals surface area contributed by atoms with Crippen LogP contribution in [0.2, 0.25) is 0 Å². The van der Waals surface area contributed by atoms with Crippen LogP contribution < -0.4 is 15.4 Å². The number of nitrogens with one attached hydrogen (secondary N) is 2. The Labute approximate surface area is 220 Å². The second-order valence-electron chi connectivity index (χ2n) is 9.69. The number of aryl methyl sites for hydroxylation is 2. The van der Waals surface area contributed by atoms with E-state index in [0.29, 0.717) is 25.8 Å². The van der Waals surface area contributed by atoms with Crippen molar-refractivity contribution in [1.29, 1.82) is 0 Å². The van der Waals surface area contributed by atoms with Gasteiger partial charge in [0.2, 0.25) is 11.8 Å². The molecule has 1 saturated heterocycles. The molecule has 2 N–H and O–H groups in total. The van der Waals surface area contributed by atoms with E-state index in [4.69, 9.17) is 4.74 Å². The third kappa shape index (κ3) is 7.67. The molecular formula is C31H37N3O3. The lowest BCUT2D eigenvalue weighted by Gasteiger charge is -2.36. The molecule has 0 radical (unpaired) electrons. The Hall–Kier alpha value is -3.64. The molecule has 0 spiro atoms. The van der Waals surface area contributed by atoms with Crippen molar-refractivity contribution in [3.63, 3.8) is 0 Å². The maximum absolute atomic E-state index is 13.3. The van der Waals surface area contributed by atoms with Crippen LogP contribution in [0.3, 0.4) is 0 Å². The number of carbonyl (C=O) groups is 2. The average Bonchev–Trinajstić information content (AvgIpc) is 2.90. The molecule has 6 heteroatoms. The minimum atomic E-state index is -0.0411. The number of piperazine rings is 1. The summed E-state index contributed by atoms with van der Waals surface area (Å²) >= 11 is 0. The molecule has 1 aliphatic heterocycles. The number of benzene rings is 3. The first-order valence-corrected chi connectivity index (χ1v) is 13.1. The van der Waals surface area contributed by atoms with Gasteiger partial charge in [-0.25, -0.2) is 0 Å². The summed E-state index contributed by atoms with van der Waals surface area (Å²) < 4.78 is 6.38. The Morgan fingerprint density at radius 1 is 0.973 bits per heavy atom. The van der Waals surface area contributed by atoms with Gasteiger partial charge >= 0.3 is 0 Å². The summed E-state index contributed by atoms with van der Waals surface area (Å²) in [6, 6.07) is 24.6. The number of carbonyl (C=O) groups excluding carboxylic acids is 2. The van der Waals surface area contributed by atoms with Crippen molar-refractivity contribution in [2.45, 2.75) is 45.6 Å². The van der Waals surface area contributed by atoms with E-state index in [1.54, 1.807) is 0 Å². The molecule has 194 valence electrons. The Morgan fingerprint density at radius 3 is 2.54 bits per heavy atom. The fourth-order valence-corrected chi connectivity index (χ4v) is 4.85. The molecule has 3 aromatic rings. The highest BCUT2D eigenvalue weighted by Gasteiger charge is 2.26.